The fourth-order valence-electron chi connectivity index (χ4n) is 3.29. The lowest BCUT2D eigenvalue weighted by molar-refractivity contribution is -0.121. The molecule has 8 nitrogen and oxygen atoms in total. The number of aromatic amines is 1. The van der Waals surface area contributed by atoms with Crippen molar-refractivity contribution in [1.82, 2.24) is 25.1 Å². The Morgan fingerprint density at radius 3 is 2.59 bits per heavy atom. The maximum absolute atomic E-state index is 12.9. The largest absolute Gasteiger partial charge is 0.337 e. The van der Waals surface area contributed by atoms with Crippen molar-refractivity contribution in [2.45, 2.75) is 12.8 Å². The van der Waals surface area contributed by atoms with Gasteiger partial charge in [0.2, 0.25) is 5.91 Å². The average molecular weight is 394 g/mol. The summed E-state index contributed by atoms with van der Waals surface area (Å²) in [5, 5.41) is 9.69. The highest BCUT2D eigenvalue weighted by atomic mass is 19.1. The number of H-pyrrole nitrogens is 1. The number of pyridine rings is 2. The van der Waals surface area contributed by atoms with Crippen LogP contribution in [0.5, 0.6) is 0 Å². The predicted molar refractivity (Wildman–Crippen MR) is 103 cm³/mol. The number of anilines is 1. The number of carbonyl (C=O) groups is 2. The first-order valence-electron chi connectivity index (χ1n) is 9.27. The molecule has 2 amide bonds. The van der Waals surface area contributed by atoms with Crippen LogP contribution in [0.3, 0.4) is 0 Å². The molecule has 4 heterocycles. The molecule has 3 aromatic rings. The fourth-order valence-corrected chi connectivity index (χ4v) is 3.29. The van der Waals surface area contributed by atoms with Gasteiger partial charge in [0.1, 0.15) is 17.3 Å². The third-order valence-corrected chi connectivity index (χ3v) is 4.92. The van der Waals surface area contributed by atoms with Gasteiger partial charge in [-0.3, -0.25) is 19.7 Å². The molecular formula is C20H19FN6O2. The molecule has 0 spiro atoms. The minimum Gasteiger partial charge on any atom is -0.337 e. The summed E-state index contributed by atoms with van der Waals surface area (Å²) in [5.74, 6) is -0.675. The highest BCUT2D eigenvalue weighted by Gasteiger charge is 2.28. The zero-order valence-electron chi connectivity index (χ0n) is 15.5. The highest BCUT2D eigenvalue weighted by Crippen LogP contribution is 2.22. The van der Waals surface area contributed by atoms with Gasteiger partial charge in [-0.25, -0.2) is 9.37 Å². The lowest BCUT2D eigenvalue weighted by Gasteiger charge is -2.30. The van der Waals surface area contributed by atoms with Crippen LogP contribution in [0.25, 0.3) is 11.3 Å². The first kappa shape index (κ1) is 18.7. The van der Waals surface area contributed by atoms with Crippen molar-refractivity contribution in [3.05, 3.63) is 60.4 Å². The van der Waals surface area contributed by atoms with Crippen molar-refractivity contribution in [3.8, 4) is 11.3 Å². The van der Waals surface area contributed by atoms with Crippen molar-refractivity contribution in [2.24, 2.45) is 5.92 Å². The Hall–Kier alpha value is -3.62. The number of amides is 2. The molecule has 3 aromatic heterocycles. The molecule has 0 bridgehead atoms. The Kier molecular flexibility index (Phi) is 5.28. The number of carbonyl (C=O) groups excluding carboxylic acids is 2. The summed E-state index contributed by atoms with van der Waals surface area (Å²) >= 11 is 0. The molecule has 1 aliphatic rings. The Bertz CT molecular complexity index is 997. The second-order valence-electron chi connectivity index (χ2n) is 6.82. The quantitative estimate of drug-likeness (QED) is 0.708. The summed E-state index contributed by atoms with van der Waals surface area (Å²) in [6.45, 7) is 0.939. The molecule has 0 saturated carbocycles. The Morgan fingerprint density at radius 1 is 1.14 bits per heavy atom. The molecule has 148 valence electrons. The highest BCUT2D eigenvalue weighted by molar-refractivity contribution is 5.94. The number of aromatic nitrogens is 4. The topological polar surface area (TPSA) is 104 Å². The molecule has 0 aromatic carbocycles. The Morgan fingerprint density at radius 2 is 1.90 bits per heavy atom. The van der Waals surface area contributed by atoms with E-state index in [0.29, 0.717) is 43.1 Å². The van der Waals surface area contributed by atoms with Crippen molar-refractivity contribution in [3.63, 3.8) is 0 Å². The molecule has 0 atom stereocenters. The van der Waals surface area contributed by atoms with E-state index in [2.05, 4.69) is 25.5 Å². The summed E-state index contributed by atoms with van der Waals surface area (Å²) in [4.78, 5) is 34.6. The van der Waals surface area contributed by atoms with E-state index in [0.717, 1.165) is 11.8 Å². The van der Waals surface area contributed by atoms with Crippen molar-refractivity contribution < 1.29 is 14.0 Å². The van der Waals surface area contributed by atoms with Gasteiger partial charge < -0.3 is 10.2 Å². The zero-order valence-corrected chi connectivity index (χ0v) is 15.5. The number of nitrogens with one attached hydrogen (secondary N) is 2. The van der Waals surface area contributed by atoms with Gasteiger partial charge in [-0.15, -0.1) is 0 Å². The zero-order chi connectivity index (χ0) is 20.2. The molecule has 9 heteroatoms. The van der Waals surface area contributed by atoms with E-state index >= 15 is 0 Å². The maximum atomic E-state index is 12.9. The summed E-state index contributed by atoms with van der Waals surface area (Å²) in [6, 6.07) is 8.03. The van der Waals surface area contributed by atoms with Gasteiger partial charge in [-0.1, -0.05) is 0 Å². The van der Waals surface area contributed by atoms with Crippen molar-refractivity contribution >= 4 is 17.6 Å². The van der Waals surface area contributed by atoms with Crippen LogP contribution in [0.4, 0.5) is 10.2 Å². The van der Waals surface area contributed by atoms with E-state index in [9.17, 15) is 14.0 Å². The lowest BCUT2D eigenvalue weighted by Crippen LogP contribution is -2.41. The van der Waals surface area contributed by atoms with Crippen LogP contribution in [-0.4, -0.2) is 50.0 Å². The van der Waals surface area contributed by atoms with Crippen LogP contribution in [0.15, 0.2) is 48.9 Å². The number of hydrogen-bond donors (Lipinski definition) is 2. The fraction of sp³-hybridized carbons (Fsp3) is 0.250. The molecule has 1 saturated heterocycles. The average Bonchev–Trinajstić information content (AvgIpc) is 3.26. The molecule has 29 heavy (non-hydrogen) atoms. The van der Waals surface area contributed by atoms with Crippen LogP contribution in [0, 0.1) is 11.7 Å². The van der Waals surface area contributed by atoms with Gasteiger partial charge >= 0.3 is 0 Å². The third kappa shape index (κ3) is 4.29. The number of nitrogens with zero attached hydrogens (tertiary/aromatic N) is 4. The SMILES string of the molecule is O=C(Nc1ccc(F)cn1)C1CCN(C(=O)c2cc(-c3ccncc3)n[nH]2)CC1. The number of rotatable bonds is 4. The van der Waals surface area contributed by atoms with E-state index in [1.54, 1.807) is 23.4 Å². The summed E-state index contributed by atoms with van der Waals surface area (Å²) in [6.07, 6.45) is 5.49. The van der Waals surface area contributed by atoms with Crippen LogP contribution >= 0.6 is 0 Å². The molecule has 4 rings (SSSR count). The van der Waals surface area contributed by atoms with E-state index in [-0.39, 0.29) is 17.7 Å². The van der Waals surface area contributed by atoms with Gasteiger partial charge in [0.25, 0.3) is 5.91 Å². The van der Waals surface area contributed by atoms with Crippen molar-refractivity contribution in [1.29, 1.82) is 0 Å². The minimum atomic E-state index is -0.458. The second kappa shape index (κ2) is 8.17. The van der Waals surface area contributed by atoms with Gasteiger partial charge in [-0.05, 0) is 43.2 Å². The first-order chi connectivity index (χ1) is 14.1. The molecule has 1 fully saturated rings. The van der Waals surface area contributed by atoms with E-state index < -0.39 is 5.82 Å². The van der Waals surface area contributed by atoms with Crippen LogP contribution in [0.1, 0.15) is 23.3 Å². The number of halogens is 1. The van der Waals surface area contributed by atoms with Crippen LogP contribution in [0.2, 0.25) is 0 Å². The molecule has 0 aliphatic carbocycles. The Balaban J connectivity index is 1.33. The molecule has 0 unspecified atom stereocenters. The number of hydrogen-bond acceptors (Lipinski definition) is 5. The van der Waals surface area contributed by atoms with Gasteiger partial charge in [0, 0.05) is 37.0 Å². The van der Waals surface area contributed by atoms with Gasteiger partial charge in [0.15, 0.2) is 0 Å². The molecular weight excluding hydrogens is 375 g/mol. The predicted octanol–water partition coefficient (Wildman–Crippen LogP) is 2.50. The molecule has 1 aliphatic heterocycles. The lowest BCUT2D eigenvalue weighted by atomic mass is 9.95. The van der Waals surface area contributed by atoms with Gasteiger partial charge in [0.05, 0.1) is 11.9 Å². The summed E-state index contributed by atoms with van der Waals surface area (Å²) in [7, 11) is 0. The van der Waals surface area contributed by atoms with Crippen LogP contribution < -0.4 is 5.32 Å². The van der Waals surface area contributed by atoms with E-state index in [1.165, 1.54) is 12.1 Å². The third-order valence-electron chi connectivity index (χ3n) is 4.92. The Labute approximate surface area is 166 Å². The van der Waals surface area contributed by atoms with E-state index in [1.807, 2.05) is 12.1 Å². The summed E-state index contributed by atoms with van der Waals surface area (Å²) in [5.41, 5.74) is 1.96. The minimum absolute atomic E-state index is 0.142. The van der Waals surface area contributed by atoms with E-state index in [4.69, 9.17) is 0 Å². The molecule has 0 radical (unpaired) electrons. The summed E-state index contributed by atoms with van der Waals surface area (Å²) < 4.78 is 12.9. The standard InChI is InChI=1S/C20H19FN6O2/c21-15-1-2-18(23-12-15)24-19(28)14-5-9-27(10-6-14)20(29)17-11-16(25-26-17)13-3-7-22-8-4-13/h1-4,7-8,11-12,14H,5-6,9-10H2,(H,25,26)(H,23,24,28). The first-order valence-corrected chi connectivity index (χ1v) is 9.27. The van der Waals surface area contributed by atoms with Crippen molar-refractivity contribution in [2.75, 3.05) is 18.4 Å². The maximum Gasteiger partial charge on any atom is 0.271 e. The van der Waals surface area contributed by atoms with Crippen LogP contribution in [-0.2, 0) is 4.79 Å². The van der Waals surface area contributed by atoms with Gasteiger partial charge in [-0.2, -0.15) is 5.10 Å². The number of likely N-dealkylation sites (tertiary alicyclic amines) is 1. The number of piperidine rings is 1. The molecule has 2 N–H and O–H groups in total. The second-order valence-corrected chi connectivity index (χ2v) is 6.82. The smallest absolute Gasteiger partial charge is 0.271 e. The normalized spacial score (nSPS) is 14.6. The monoisotopic (exact) mass is 394 g/mol.